The van der Waals surface area contributed by atoms with Gasteiger partial charge in [-0.1, -0.05) is 0 Å². The second kappa shape index (κ2) is 5.87. The highest BCUT2D eigenvalue weighted by Crippen LogP contribution is 2.19. The Balaban J connectivity index is 1.51. The average molecular weight is 340 g/mol. The first-order chi connectivity index (χ1) is 12.0. The SMILES string of the molecule is Cc1nc2cc(=O)[nH]n2c(C)c1CC(=O)NC1CCc2cn[nH]c2C1. The summed E-state index contributed by atoms with van der Waals surface area (Å²) in [7, 11) is 0. The van der Waals surface area contributed by atoms with Crippen molar-refractivity contribution in [3.05, 3.63) is 50.8 Å². The standard InChI is InChI=1S/C17H20N6O2/c1-9-13(10(2)23-15(19-9)7-17(25)22-23)6-16(24)20-12-4-3-11-8-18-21-14(11)5-12/h7-8,12H,3-6H2,1-2H3,(H,18,21)(H,20,24)(H,22,25). The predicted molar refractivity (Wildman–Crippen MR) is 91.5 cm³/mol. The van der Waals surface area contributed by atoms with Gasteiger partial charge in [-0.05, 0) is 32.3 Å². The van der Waals surface area contributed by atoms with E-state index < -0.39 is 0 Å². The molecule has 25 heavy (non-hydrogen) atoms. The van der Waals surface area contributed by atoms with Gasteiger partial charge in [0.1, 0.15) is 0 Å². The molecule has 1 amide bonds. The van der Waals surface area contributed by atoms with E-state index in [1.165, 1.54) is 11.6 Å². The quantitative estimate of drug-likeness (QED) is 0.648. The molecular weight excluding hydrogens is 320 g/mol. The zero-order valence-electron chi connectivity index (χ0n) is 14.2. The first-order valence-electron chi connectivity index (χ1n) is 8.39. The Morgan fingerprint density at radius 2 is 2.28 bits per heavy atom. The van der Waals surface area contributed by atoms with Gasteiger partial charge in [-0.2, -0.15) is 5.10 Å². The summed E-state index contributed by atoms with van der Waals surface area (Å²) >= 11 is 0. The number of aryl methyl sites for hydroxylation is 3. The van der Waals surface area contributed by atoms with Crippen molar-refractivity contribution in [1.29, 1.82) is 0 Å². The number of aromatic nitrogens is 5. The number of carbonyl (C=O) groups is 1. The molecule has 3 aromatic heterocycles. The molecule has 0 aromatic carbocycles. The predicted octanol–water partition coefficient (Wildman–Crippen LogP) is 0.579. The third-order valence-electron chi connectivity index (χ3n) is 4.93. The molecule has 0 saturated heterocycles. The fourth-order valence-corrected chi connectivity index (χ4v) is 3.58. The summed E-state index contributed by atoms with van der Waals surface area (Å²) in [5.41, 5.74) is 5.16. The maximum absolute atomic E-state index is 12.5. The minimum atomic E-state index is -0.200. The molecular formula is C17H20N6O2. The van der Waals surface area contributed by atoms with Gasteiger partial charge in [0.2, 0.25) is 5.91 Å². The van der Waals surface area contributed by atoms with E-state index >= 15 is 0 Å². The number of H-pyrrole nitrogens is 2. The lowest BCUT2D eigenvalue weighted by atomic mass is 9.93. The lowest BCUT2D eigenvalue weighted by Gasteiger charge is -2.23. The largest absolute Gasteiger partial charge is 0.353 e. The van der Waals surface area contributed by atoms with Gasteiger partial charge in [0, 0.05) is 41.2 Å². The number of aromatic amines is 2. The van der Waals surface area contributed by atoms with Crippen molar-refractivity contribution in [3.63, 3.8) is 0 Å². The van der Waals surface area contributed by atoms with Crippen LogP contribution < -0.4 is 10.9 Å². The van der Waals surface area contributed by atoms with Gasteiger partial charge in [-0.25, -0.2) is 9.50 Å². The molecule has 1 atom stereocenters. The van der Waals surface area contributed by atoms with E-state index in [0.717, 1.165) is 41.9 Å². The van der Waals surface area contributed by atoms with Crippen LogP contribution in [0.2, 0.25) is 0 Å². The third-order valence-corrected chi connectivity index (χ3v) is 4.93. The first-order valence-corrected chi connectivity index (χ1v) is 8.39. The van der Waals surface area contributed by atoms with E-state index in [0.29, 0.717) is 5.65 Å². The smallest absolute Gasteiger partial charge is 0.266 e. The lowest BCUT2D eigenvalue weighted by Crippen LogP contribution is -2.39. The van der Waals surface area contributed by atoms with Crippen LogP contribution in [0.1, 0.15) is 34.6 Å². The molecule has 0 aliphatic heterocycles. The zero-order chi connectivity index (χ0) is 17.6. The van der Waals surface area contributed by atoms with Gasteiger partial charge < -0.3 is 5.32 Å². The van der Waals surface area contributed by atoms with Crippen molar-refractivity contribution in [1.82, 2.24) is 30.1 Å². The number of amides is 1. The van der Waals surface area contributed by atoms with Crippen molar-refractivity contribution in [2.24, 2.45) is 0 Å². The summed E-state index contributed by atoms with van der Waals surface area (Å²) in [4.78, 5) is 28.5. The van der Waals surface area contributed by atoms with Crippen molar-refractivity contribution in [2.45, 2.75) is 45.6 Å². The van der Waals surface area contributed by atoms with Crippen molar-refractivity contribution in [2.75, 3.05) is 0 Å². The fourth-order valence-electron chi connectivity index (χ4n) is 3.58. The maximum Gasteiger partial charge on any atom is 0.266 e. The highest BCUT2D eigenvalue weighted by Gasteiger charge is 2.22. The van der Waals surface area contributed by atoms with E-state index in [1.54, 1.807) is 4.52 Å². The third kappa shape index (κ3) is 2.84. The minimum absolute atomic E-state index is 0.0326. The monoisotopic (exact) mass is 340 g/mol. The molecule has 1 aliphatic rings. The van der Waals surface area contributed by atoms with Crippen LogP contribution >= 0.6 is 0 Å². The molecule has 0 saturated carbocycles. The molecule has 3 aromatic rings. The molecule has 130 valence electrons. The summed E-state index contributed by atoms with van der Waals surface area (Å²) in [6, 6.07) is 1.57. The Bertz CT molecular complexity index is 1010. The molecule has 3 N–H and O–H groups in total. The number of rotatable bonds is 3. The van der Waals surface area contributed by atoms with Crippen LogP contribution in [0.25, 0.3) is 5.65 Å². The van der Waals surface area contributed by atoms with Crippen LogP contribution in [-0.2, 0) is 24.1 Å². The van der Waals surface area contributed by atoms with Gasteiger partial charge >= 0.3 is 0 Å². The van der Waals surface area contributed by atoms with Crippen LogP contribution in [0.3, 0.4) is 0 Å². The van der Waals surface area contributed by atoms with Crippen LogP contribution in [0, 0.1) is 13.8 Å². The fraction of sp³-hybridized carbons (Fsp3) is 0.412. The normalized spacial score (nSPS) is 16.8. The number of nitrogens with one attached hydrogen (secondary N) is 3. The van der Waals surface area contributed by atoms with Gasteiger partial charge in [-0.3, -0.25) is 19.8 Å². The van der Waals surface area contributed by atoms with E-state index in [9.17, 15) is 9.59 Å². The van der Waals surface area contributed by atoms with E-state index in [-0.39, 0.29) is 23.9 Å². The van der Waals surface area contributed by atoms with E-state index in [2.05, 4.69) is 25.6 Å². The molecule has 1 unspecified atom stereocenters. The van der Waals surface area contributed by atoms with Crippen LogP contribution in [0.4, 0.5) is 0 Å². The van der Waals surface area contributed by atoms with Crippen molar-refractivity contribution in [3.8, 4) is 0 Å². The number of fused-ring (bicyclic) bond motifs is 2. The second-order valence-corrected chi connectivity index (χ2v) is 6.63. The molecule has 0 bridgehead atoms. The molecule has 8 heteroatoms. The number of nitrogens with zero attached hydrogens (tertiary/aromatic N) is 3. The topological polar surface area (TPSA) is 108 Å². The van der Waals surface area contributed by atoms with Gasteiger partial charge in [-0.15, -0.1) is 0 Å². The van der Waals surface area contributed by atoms with Crippen molar-refractivity contribution < 1.29 is 4.79 Å². The Morgan fingerprint density at radius 1 is 1.44 bits per heavy atom. The van der Waals surface area contributed by atoms with Gasteiger partial charge in [0.05, 0.1) is 12.6 Å². The summed E-state index contributed by atoms with van der Waals surface area (Å²) in [5, 5.41) is 12.9. The highest BCUT2D eigenvalue weighted by atomic mass is 16.1. The molecule has 8 nitrogen and oxygen atoms in total. The maximum atomic E-state index is 12.5. The molecule has 0 fully saturated rings. The van der Waals surface area contributed by atoms with Crippen LogP contribution in [0.15, 0.2) is 17.1 Å². The summed E-state index contributed by atoms with van der Waals surface area (Å²) in [6.45, 7) is 3.75. The minimum Gasteiger partial charge on any atom is -0.353 e. The van der Waals surface area contributed by atoms with Gasteiger partial charge in [0.15, 0.2) is 5.65 Å². The molecule has 0 spiro atoms. The van der Waals surface area contributed by atoms with E-state index in [1.807, 2.05) is 20.0 Å². The van der Waals surface area contributed by atoms with Crippen molar-refractivity contribution >= 4 is 11.6 Å². The first kappa shape index (κ1) is 15.6. The molecule has 4 rings (SSSR count). The summed E-state index contributed by atoms with van der Waals surface area (Å²) in [6.07, 6.45) is 4.72. The highest BCUT2D eigenvalue weighted by molar-refractivity contribution is 5.79. The number of hydrogen-bond acceptors (Lipinski definition) is 4. The van der Waals surface area contributed by atoms with E-state index in [4.69, 9.17) is 0 Å². The van der Waals surface area contributed by atoms with Crippen LogP contribution in [0.5, 0.6) is 0 Å². The number of carbonyl (C=O) groups excluding carboxylic acids is 1. The zero-order valence-corrected chi connectivity index (χ0v) is 14.2. The number of hydrogen-bond donors (Lipinski definition) is 3. The second-order valence-electron chi connectivity index (χ2n) is 6.63. The summed E-state index contributed by atoms with van der Waals surface area (Å²) in [5.74, 6) is -0.0326. The molecule has 0 radical (unpaired) electrons. The Labute approximate surface area is 143 Å². The Kier molecular flexibility index (Phi) is 3.67. The Morgan fingerprint density at radius 3 is 3.12 bits per heavy atom. The average Bonchev–Trinajstić information content (AvgIpc) is 3.17. The molecule has 1 aliphatic carbocycles. The van der Waals surface area contributed by atoms with Gasteiger partial charge in [0.25, 0.3) is 5.56 Å². The summed E-state index contributed by atoms with van der Waals surface area (Å²) < 4.78 is 1.63. The van der Waals surface area contributed by atoms with Crippen LogP contribution in [-0.4, -0.2) is 36.7 Å². The Hall–Kier alpha value is -2.90. The molecule has 3 heterocycles. The lowest BCUT2D eigenvalue weighted by molar-refractivity contribution is -0.121.